The molecule has 0 radical (unpaired) electrons. The summed E-state index contributed by atoms with van der Waals surface area (Å²) in [7, 11) is 0. The third-order valence-corrected chi connectivity index (χ3v) is 3.61. The number of nitro benzene ring substituents is 1. The zero-order valence-electron chi connectivity index (χ0n) is 14.8. The van der Waals surface area contributed by atoms with Gasteiger partial charge in [-0.15, -0.1) is 0 Å². The average Bonchev–Trinajstić information content (AvgIpc) is 2.65. The molecule has 27 heavy (non-hydrogen) atoms. The molecule has 0 heterocycles. The van der Waals surface area contributed by atoms with Crippen molar-refractivity contribution >= 4 is 29.0 Å². The summed E-state index contributed by atoms with van der Waals surface area (Å²) in [5, 5.41) is 21.7. The van der Waals surface area contributed by atoms with Crippen LogP contribution >= 0.6 is 0 Å². The molecule has 1 unspecified atom stereocenters. The molecule has 0 aliphatic rings. The Morgan fingerprint density at radius 1 is 1.04 bits per heavy atom. The van der Waals surface area contributed by atoms with E-state index in [0.29, 0.717) is 17.9 Å². The predicted octanol–water partition coefficient (Wildman–Crippen LogP) is 2.33. The second-order valence-corrected chi connectivity index (χ2v) is 5.68. The van der Waals surface area contributed by atoms with Crippen LogP contribution < -0.4 is 21.3 Å². The van der Waals surface area contributed by atoms with Crippen LogP contribution in [0.4, 0.5) is 21.9 Å². The third-order valence-electron chi connectivity index (χ3n) is 3.61. The van der Waals surface area contributed by atoms with Crippen LogP contribution in [-0.4, -0.2) is 36.0 Å². The highest BCUT2D eigenvalue weighted by atomic mass is 16.6. The molecule has 2 aromatic rings. The van der Waals surface area contributed by atoms with E-state index in [1.165, 1.54) is 6.07 Å². The minimum Gasteiger partial charge on any atom is -0.378 e. The predicted molar refractivity (Wildman–Crippen MR) is 103 cm³/mol. The normalized spacial score (nSPS) is 11.1. The first-order valence-electron chi connectivity index (χ1n) is 8.35. The van der Waals surface area contributed by atoms with Gasteiger partial charge in [0.05, 0.1) is 4.92 Å². The van der Waals surface area contributed by atoms with Gasteiger partial charge in [-0.25, -0.2) is 4.79 Å². The van der Waals surface area contributed by atoms with Crippen molar-refractivity contribution in [3.63, 3.8) is 0 Å². The van der Waals surface area contributed by atoms with E-state index in [2.05, 4.69) is 21.3 Å². The molecule has 0 bridgehead atoms. The van der Waals surface area contributed by atoms with Gasteiger partial charge in [-0.05, 0) is 25.1 Å². The Bertz CT molecular complexity index is 797. The van der Waals surface area contributed by atoms with Gasteiger partial charge in [0.2, 0.25) is 5.91 Å². The molecule has 4 N–H and O–H groups in total. The number of hydrogen-bond acceptors (Lipinski definition) is 5. The zero-order valence-corrected chi connectivity index (χ0v) is 14.8. The largest absolute Gasteiger partial charge is 0.378 e. The van der Waals surface area contributed by atoms with Crippen LogP contribution in [0.2, 0.25) is 0 Å². The summed E-state index contributed by atoms with van der Waals surface area (Å²) >= 11 is 0. The average molecular weight is 371 g/mol. The Balaban J connectivity index is 1.72. The highest BCUT2D eigenvalue weighted by Crippen LogP contribution is 2.22. The third kappa shape index (κ3) is 6.31. The molecule has 142 valence electrons. The fourth-order valence-electron chi connectivity index (χ4n) is 2.27. The second-order valence-electron chi connectivity index (χ2n) is 5.68. The van der Waals surface area contributed by atoms with E-state index < -0.39 is 17.0 Å². The van der Waals surface area contributed by atoms with Gasteiger partial charge in [0, 0.05) is 24.8 Å². The highest BCUT2D eigenvalue weighted by molar-refractivity contribution is 5.93. The molecule has 0 aliphatic heterocycles. The van der Waals surface area contributed by atoms with Crippen LogP contribution in [0.5, 0.6) is 0 Å². The number of carbonyl (C=O) groups excluding carboxylic acids is 2. The summed E-state index contributed by atoms with van der Waals surface area (Å²) in [5.74, 6) is -0.359. The molecular formula is C18H21N5O4. The van der Waals surface area contributed by atoms with E-state index in [9.17, 15) is 19.7 Å². The molecule has 3 amide bonds. The van der Waals surface area contributed by atoms with Gasteiger partial charge in [0.25, 0.3) is 5.69 Å². The monoisotopic (exact) mass is 371 g/mol. The van der Waals surface area contributed by atoms with Gasteiger partial charge >= 0.3 is 6.03 Å². The summed E-state index contributed by atoms with van der Waals surface area (Å²) in [4.78, 5) is 34.4. The molecule has 1 atom stereocenters. The molecule has 9 nitrogen and oxygen atoms in total. The number of para-hydroxylation sites is 3. The number of urea groups is 1. The standard InChI is InChI=1S/C18H21N5O4/c1-13(21-18(25)22-14-7-3-2-4-8-14)17(24)20-12-11-19-15-9-5-6-10-16(15)23(26)27/h2-10,13,19H,11-12H2,1H3,(H,20,24)(H2,21,22,25). The zero-order chi connectivity index (χ0) is 19.6. The van der Waals surface area contributed by atoms with Gasteiger partial charge in [0.15, 0.2) is 0 Å². The van der Waals surface area contributed by atoms with Crippen molar-refractivity contribution in [2.24, 2.45) is 0 Å². The minimum absolute atomic E-state index is 0.0311. The Morgan fingerprint density at radius 3 is 2.41 bits per heavy atom. The molecule has 0 saturated heterocycles. The Kier molecular flexibility index (Phi) is 7.12. The van der Waals surface area contributed by atoms with E-state index in [1.54, 1.807) is 49.4 Å². The number of anilines is 2. The van der Waals surface area contributed by atoms with Crippen LogP contribution in [0.15, 0.2) is 54.6 Å². The SMILES string of the molecule is CC(NC(=O)Nc1ccccc1)C(=O)NCCNc1ccccc1[N+](=O)[O-]. The number of carbonyl (C=O) groups is 2. The number of benzene rings is 2. The lowest BCUT2D eigenvalue weighted by molar-refractivity contribution is -0.384. The molecule has 0 fully saturated rings. The molecule has 0 saturated carbocycles. The number of rotatable bonds is 8. The number of amides is 3. The molecule has 0 spiro atoms. The number of nitrogens with one attached hydrogen (secondary N) is 4. The summed E-state index contributed by atoms with van der Waals surface area (Å²) in [6, 6.07) is 13.9. The fraction of sp³-hybridized carbons (Fsp3) is 0.222. The van der Waals surface area contributed by atoms with Crippen LogP contribution in [0.1, 0.15) is 6.92 Å². The summed E-state index contributed by atoms with van der Waals surface area (Å²) in [6.45, 7) is 2.12. The summed E-state index contributed by atoms with van der Waals surface area (Å²) in [5.41, 5.74) is 0.970. The van der Waals surface area contributed by atoms with Crippen molar-refractivity contribution in [2.45, 2.75) is 13.0 Å². The van der Waals surface area contributed by atoms with Crippen molar-refractivity contribution in [1.29, 1.82) is 0 Å². The van der Waals surface area contributed by atoms with Crippen molar-refractivity contribution in [3.8, 4) is 0 Å². The first kappa shape index (κ1) is 19.7. The van der Waals surface area contributed by atoms with Crippen molar-refractivity contribution in [3.05, 3.63) is 64.7 Å². The van der Waals surface area contributed by atoms with Crippen molar-refractivity contribution in [1.82, 2.24) is 10.6 Å². The smallest absolute Gasteiger partial charge is 0.319 e. The van der Waals surface area contributed by atoms with E-state index in [-0.39, 0.29) is 18.1 Å². The highest BCUT2D eigenvalue weighted by Gasteiger charge is 2.15. The van der Waals surface area contributed by atoms with Gasteiger partial charge < -0.3 is 21.3 Å². The molecule has 2 rings (SSSR count). The Labute approximate surface area is 156 Å². The lowest BCUT2D eigenvalue weighted by Crippen LogP contribution is -2.47. The molecule has 0 aliphatic carbocycles. The van der Waals surface area contributed by atoms with Crippen LogP contribution in [-0.2, 0) is 4.79 Å². The van der Waals surface area contributed by atoms with Gasteiger partial charge in [-0.2, -0.15) is 0 Å². The summed E-state index contributed by atoms with van der Waals surface area (Å²) in [6.07, 6.45) is 0. The molecule has 0 aromatic heterocycles. The van der Waals surface area contributed by atoms with Crippen molar-refractivity contribution < 1.29 is 14.5 Å². The lowest BCUT2D eigenvalue weighted by atomic mass is 10.2. The quantitative estimate of drug-likeness (QED) is 0.322. The number of hydrogen-bond donors (Lipinski definition) is 4. The van der Waals surface area contributed by atoms with Gasteiger partial charge in [-0.1, -0.05) is 30.3 Å². The van der Waals surface area contributed by atoms with E-state index in [4.69, 9.17) is 0 Å². The van der Waals surface area contributed by atoms with Gasteiger partial charge in [0.1, 0.15) is 11.7 Å². The summed E-state index contributed by atoms with van der Waals surface area (Å²) < 4.78 is 0. The fourth-order valence-corrected chi connectivity index (χ4v) is 2.27. The maximum absolute atomic E-state index is 12.0. The minimum atomic E-state index is -0.736. The first-order valence-corrected chi connectivity index (χ1v) is 8.35. The van der Waals surface area contributed by atoms with Crippen molar-refractivity contribution in [2.75, 3.05) is 23.7 Å². The molecule has 9 heteroatoms. The maximum Gasteiger partial charge on any atom is 0.319 e. The Morgan fingerprint density at radius 2 is 1.70 bits per heavy atom. The number of nitrogens with zero attached hydrogens (tertiary/aromatic N) is 1. The molecule has 2 aromatic carbocycles. The second kappa shape index (κ2) is 9.76. The van der Waals surface area contributed by atoms with E-state index in [0.717, 1.165) is 0 Å². The van der Waals surface area contributed by atoms with Gasteiger partial charge in [-0.3, -0.25) is 14.9 Å². The lowest BCUT2D eigenvalue weighted by Gasteiger charge is -2.15. The van der Waals surface area contributed by atoms with E-state index in [1.807, 2.05) is 6.07 Å². The van der Waals surface area contributed by atoms with Crippen LogP contribution in [0, 0.1) is 10.1 Å². The maximum atomic E-state index is 12.0. The van der Waals surface area contributed by atoms with Crippen LogP contribution in [0.25, 0.3) is 0 Å². The van der Waals surface area contributed by atoms with Crippen LogP contribution in [0.3, 0.4) is 0 Å². The van der Waals surface area contributed by atoms with E-state index >= 15 is 0 Å². The molecular weight excluding hydrogens is 350 g/mol. The number of nitro groups is 1. The topological polar surface area (TPSA) is 125 Å². The first-order chi connectivity index (χ1) is 13.0. The Hall–Kier alpha value is -3.62.